The van der Waals surface area contributed by atoms with Crippen LogP contribution in [0.4, 0.5) is 11.6 Å². The van der Waals surface area contributed by atoms with E-state index in [0.29, 0.717) is 43.4 Å². The number of nitrogens with one attached hydrogen (secondary N) is 1. The Bertz CT molecular complexity index is 1110. The second-order valence-corrected chi connectivity index (χ2v) is 9.86. The predicted molar refractivity (Wildman–Crippen MR) is 134 cm³/mol. The van der Waals surface area contributed by atoms with E-state index in [9.17, 15) is 14.4 Å². The number of carbonyl (C=O) groups is 3. The summed E-state index contributed by atoms with van der Waals surface area (Å²) in [6, 6.07) is 8.65. The molecule has 0 saturated carbocycles. The van der Waals surface area contributed by atoms with Crippen molar-refractivity contribution in [3.8, 4) is 0 Å². The Hall–Kier alpha value is -3.47. The molecule has 35 heavy (non-hydrogen) atoms. The minimum atomic E-state index is -0.480. The summed E-state index contributed by atoms with van der Waals surface area (Å²) in [5, 5.41) is 3.09. The highest BCUT2D eigenvalue weighted by Crippen LogP contribution is 2.29. The third kappa shape index (κ3) is 5.45. The van der Waals surface area contributed by atoms with Crippen molar-refractivity contribution in [1.29, 1.82) is 0 Å². The van der Waals surface area contributed by atoms with Gasteiger partial charge in [-0.15, -0.1) is 0 Å². The van der Waals surface area contributed by atoms with E-state index in [4.69, 9.17) is 0 Å². The van der Waals surface area contributed by atoms with Crippen LogP contribution < -0.4 is 10.2 Å². The summed E-state index contributed by atoms with van der Waals surface area (Å²) in [4.78, 5) is 56.4. The van der Waals surface area contributed by atoms with Gasteiger partial charge in [-0.2, -0.15) is 4.99 Å². The summed E-state index contributed by atoms with van der Waals surface area (Å²) >= 11 is 1.38. The largest absolute Gasteiger partial charge is 0.351 e. The van der Waals surface area contributed by atoms with E-state index >= 15 is 0 Å². The summed E-state index contributed by atoms with van der Waals surface area (Å²) in [5.41, 5.74) is 1.16. The van der Waals surface area contributed by atoms with Crippen molar-refractivity contribution in [3.63, 3.8) is 0 Å². The van der Waals surface area contributed by atoms with Crippen LogP contribution in [0.3, 0.4) is 0 Å². The van der Waals surface area contributed by atoms with Crippen LogP contribution in [0, 0.1) is 0 Å². The van der Waals surface area contributed by atoms with Crippen LogP contribution >= 0.6 is 11.8 Å². The molecule has 1 aromatic carbocycles. The molecule has 4 heterocycles. The standard InChI is InChI=1S/C24H27N7O3S/c32-20(16-19-21(33)28-24(35-19)31-10-1-2-11-31)27-18-6-4-17(5-7-18)22(34)29-12-14-30(15-13-29)23-25-8-3-9-26-23/h3-9,19H,1-2,10-16H2,(H,27,32). The summed E-state index contributed by atoms with van der Waals surface area (Å²) in [6.45, 7) is 4.35. The molecule has 1 aromatic heterocycles. The number of aliphatic imine (C=N–C) groups is 1. The fourth-order valence-corrected chi connectivity index (χ4v) is 5.49. The number of amidine groups is 1. The van der Waals surface area contributed by atoms with Crippen LogP contribution in [0.15, 0.2) is 47.7 Å². The van der Waals surface area contributed by atoms with Gasteiger partial charge in [0.25, 0.3) is 11.8 Å². The Balaban J connectivity index is 1.10. The van der Waals surface area contributed by atoms with E-state index in [1.54, 1.807) is 42.7 Å². The van der Waals surface area contributed by atoms with E-state index in [1.807, 2.05) is 4.90 Å². The number of anilines is 2. The smallest absolute Gasteiger partial charge is 0.262 e. The van der Waals surface area contributed by atoms with Crippen LogP contribution in [0.2, 0.25) is 0 Å². The Kier molecular flexibility index (Phi) is 6.94. The molecule has 11 heteroatoms. The first kappa shape index (κ1) is 23.3. The molecule has 2 fully saturated rings. The fraction of sp³-hybridized carbons (Fsp3) is 0.417. The Morgan fingerprint density at radius 1 is 0.943 bits per heavy atom. The van der Waals surface area contributed by atoms with Gasteiger partial charge in [0.2, 0.25) is 11.9 Å². The molecule has 1 N–H and O–H groups in total. The summed E-state index contributed by atoms with van der Waals surface area (Å²) < 4.78 is 0. The molecule has 3 aliphatic rings. The van der Waals surface area contributed by atoms with Gasteiger partial charge in [0.15, 0.2) is 5.17 Å². The quantitative estimate of drug-likeness (QED) is 0.672. The summed E-state index contributed by atoms with van der Waals surface area (Å²) in [7, 11) is 0. The lowest BCUT2D eigenvalue weighted by atomic mass is 10.1. The number of hydrogen-bond acceptors (Lipinski definition) is 8. The molecule has 1 atom stereocenters. The lowest BCUT2D eigenvalue weighted by molar-refractivity contribution is -0.121. The number of rotatable bonds is 5. The van der Waals surface area contributed by atoms with Gasteiger partial charge in [-0.3, -0.25) is 14.4 Å². The summed E-state index contributed by atoms with van der Waals surface area (Å²) in [5.74, 6) is 0.145. The minimum absolute atomic E-state index is 0.0453. The number of benzene rings is 1. The average Bonchev–Trinajstić information content (AvgIpc) is 3.55. The van der Waals surface area contributed by atoms with Gasteiger partial charge >= 0.3 is 0 Å². The van der Waals surface area contributed by atoms with Gasteiger partial charge in [-0.25, -0.2) is 9.97 Å². The van der Waals surface area contributed by atoms with Crippen LogP contribution in [-0.2, 0) is 9.59 Å². The van der Waals surface area contributed by atoms with Crippen molar-refractivity contribution in [1.82, 2.24) is 19.8 Å². The molecule has 0 aliphatic carbocycles. The minimum Gasteiger partial charge on any atom is -0.351 e. The highest BCUT2D eigenvalue weighted by atomic mass is 32.2. The number of hydrogen-bond donors (Lipinski definition) is 1. The van der Waals surface area contributed by atoms with Crippen molar-refractivity contribution in [2.75, 3.05) is 49.5 Å². The van der Waals surface area contributed by atoms with Crippen molar-refractivity contribution < 1.29 is 14.4 Å². The van der Waals surface area contributed by atoms with Gasteiger partial charge in [-0.1, -0.05) is 11.8 Å². The molecular weight excluding hydrogens is 466 g/mol. The van der Waals surface area contributed by atoms with Gasteiger partial charge in [0.05, 0.1) is 0 Å². The molecule has 5 rings (SSSR count). The lowest BCUT2D eigenvalue weighted by Crippen LogP contribution is -2.49. The molecule has 2 saturated heterocycles. The predicted octanol–water partition coefficient (Wildman–Crippen LogP) is 1.86. The number of thioether (sulfide) groups is 1. The van der Waals surface area contributed by atoms with Crippen molar-refractivity contribution in [3.05, 3.63) is 48.3 Å². The molecule has 0 spiro atoms. The van der Waals surface area contributed by atoms with Gasteiger partial charge in [-0.05, 0) is 43.2 Å². The zero-order valence-corrected chi connectivity index (χ0v) is 20.1. The number of aromatic nitrogens is 2. The van der Waals surface area contributed by atoms with Gasteiger partial charge in [0, 0.05) is 69.3 Å². The molecule has 3 aliphatic heterocycles. The maximum Gasteiger partial charge on any atom is 0.262 e. The van der Waals surface area contributed by atoms with Crippen LogP contribution in [0.1, 0.15) is 29.6 Å². The van der Waals surface area contributed by atoms with Gasteiger partial charge < -0.3 is 20.0 Å². The monoisotopic (exact) mass is 493 g/mol. The molecular formula is C24H27N7O3S. The van der Waals surface area contributed by atoms with Crippen molar-refractivity contribution in [2.24, 2.45) is 4.99 Å². The second kappa shape index (κ2) is 10.4. The molecule has 3 amide bonds. The molecule has 2 aromatic rings. The van der Waals surface area contributed by atoms with E-state index in [-0.39, 0.29) is 24.1 Å². The lowest BCUT2D eigenvalue weighted by Gasteiger charge is -2.34. The first-order chi connectivity index (χ1) is 17.1. The highest BCUT2D eigenvalue weighted by molar-refractivity contribution is 8.15. The first-order valence-corrected chi connectivity index (χ1v) is 12.7. The zero-order chi connectivity index (χ0) is 24.2. The maximum absolute atomic E-state index is 12.9. The third-order valence-electron chi connectivity index (χ3n) is 6.29. The Morgan fingerprint density at radius 2 is 1.63 bits per heavy atom. The summed E-state index contributed by atoms with van der Waals surface area (Å²) in [6.07, 6.45) is 5.71. The number of likely N-dealkylation sites (tertiary alicyclic amines) is 1. The molecule has 0 bridgehead atoms. The molecule has 1 unspecified atom stereocenters. The van der Waals surface area contributed by atoms with E-state index in [0.717, 1.165) is 31.1 Å². The van der Waals surface area contributed by atoms with E-state index < -0.39 is 5.25 Å². The third-order valence-corrected chi connectivity index (χ3v) is 7.51. The fourth-order valence-electron chi connectivity index (χ4n) is 4.38. The number of nitrogens with zero attached hydrogens (tertiary/aromatic N) is 6. The number of carbonyl (C=O) groups excluding carboxylic acids is 3. The van der Waals surface area contributed by atoms with E-state index in [1.165, 1.54) is 11.8 Å². The van der Waals surface area contributed by atoms with Crippen molar-refractivity contribution in [2.45, 2.75) is 24.5 Å². The topological polar surface area (TPSA) is 111 Å². The second-order valence-electron chi connectivity index (χ2n) is 8.69. The normalized spacial score (nSPS) is 20.2. The Morgan fingerprint density at radius 3 is 2.31 bits per heavy atom. The van der Waals surface area contributed by atoms with Crippen LogP contribution in [-0.4, -0.2) is 87.2 Å². The molecule has 10 nitrogen and oxygen atoms in total. The zero-order valence-electron chi connectivity index (χ0n) is 19.3. The van der Waals surface area contributed by atoms with Crippen LogP contribution in [0.25, 0.3) is 0 Å². The molecule has 182 valence electrons. The SMILES string of the molecule is O=C(CC1SC(N2CCCC2)=NC1=O)Nc1ccc(C(=O)N2CCN(c3ncccn3)CC2)cc1. The first-order valence-electron chi connectivity index (χ1n) is 11.8. The maximum atomic E-state index is 12.9. The van der Waals surface area contributed by atoms with Crippen molar-refractivity contribution >= 4 is 46.3 Å². The number of piperazine rings is 1. The Labute approximate surface area is 207 Å². The highest BCUT2D eigenvalue weighted by Gasteiger charge is 2.33. The number of amides is 3. The van der Waals surface area contributed by atoms with Gasteiger partial charge in [0.1, 0.15) is 5.25 Å². The average molecular weight is 494 g/mol. The van der Waals surface area contributed by atoms with E-state index in [2.05, 4.69) is 30.1 Å². The van der Waals surface area contributed by atoms with Crippen LogP contribution in [0.5, 0.6) is 0 Å². The molecule has 0 radical (unpaired) electrons.